The van der Waals surface area contributed by atoms with Crippen molar-refractivity contribution in [1.29, 1.82) is 0 Å². The minimum absolute atomic E-state index is 0.252. The highest BCUT2D eigenvalue weighted by Gasteiger charge is 2.15. The molecule has 0 saturated carbocycles. The van der Waals surface area contributed by atoms with E-state index in [0.717, 1.165) is 25.2 Å². The van der Waals surface area contributed by atoms with Gasteiger partial charge in [-0.3, -0.25) is 0 Å². The second-order valence-electron chi connectivity index (χ2n) is 6.56. The molecule has 2 unspecified atom stereocenters. The summed E-state index contributed by atoms with van der Waals surface area (Å²) in [6, 6.07) is 7.74. The molecule has 1 aromatic rings. The van der Waals surface area contributed by atoms with E-state index in [-0.39, 0.29) is 12.7 Å². The lowest BCUT2D eigenvalue weighted by Crippen LogP contribution is -2.35. The molecular formula is C19H31NO5. The Kier molecular flexibility index (Phi) is 9.04. The van der Waals surface area contributed by atoms with Crippen molar-refractivity contribution in [3.63, 3.8) is 0 Å². The van der Waals surface area contributed by atoms with Gasteiger partial charge < -0.3 is 29.4 Å². The van der Waals surface area contributed by atoms with Crippen molar-refractivity contribution in [1.82, 2.24) is 5.32 Å². The van der Waals surface area contributed by atoms with Crippen LogP contribution in [-0.2, 0) is 9.47 Å². The molecule has 6 nitrogen and oxygen atoms in total. The van der Waals surface area contributed by atoms with E-state index in [1.54, 1.807) is 0 Å². The second kappa shape index (κ2) is 11.3. The lowest BCUT2D eigenvalue weighted by atomic mass is 10.2. The molecule has 1 heterocycles. The zero-order valence-electron chi connectivity index (χ0n) is 15.3. The quantitative estimate of drug-likeness (QED) is 0.560. The van der Waals surface area contributed by atoms with E-state index in [4.69, 9.17) is 18.9 Å². The zero-order valence-corrected chi connectivity index (χ0v) is 15.3. The molecule has 1 aliphatic heterocycles. The summed E-state index contributed by atoms with van der Waals surface area (Å²) in [5, 5.41) is 13.0. The molecule has 2 rings (SSSR count). The Bertz CT molecular complexity index is 459. The zero-order chi connectivity index (χ0) is 17.9. The first kappa shape index (κ1) is 20.0. The largest absolute Gasteiger partial charge is 0.491 e. The average molecular weight is 353 g/mol. The van der Waals surface area contributed by atoms with Gasteiger partial charge in [0, 0.05) is 19.2 Å². The summed E-state index contributed by atoms with van der Waals surface area (Å²) >= 11 is 0. The van der Waals surface area contributed by atoms with Crippen molar-refractivity contribution in [3.05, 3.63) is 24.3 Å². The molecule has 0 radical (unpaired) electrons. The smallest absolute Gasteiger partial charge is 0.119 e. The van der Waals surface area contributed by atoms with Crippen molar-refractivity contribution >= 4 is 0 Å². The van der Waals surface area contributed by atoms with Crippen molar-refractivity contribution < 1.29 is 24.1 Å². The number of hydrogen-bond acceptors (Lipinski definition) is 6. The second-order valence-corrected chi connectivity index (χ2v) is 6.56. The Balaban J connectivity index is 1.56. The van der Waals surface area contributed by atoms with Crippen LogP contribution >= 0.6 is 0 Å². The fraction of sp³-hybridized carbons (Fsp3) is 0.684. The van der Waals surface area contributed by atoms with Crippen LogP contribution in [0.2, 0.25) is 0 Å². The van der Waals surface area contributed by atoms with Gasteiger partial charge in [0.25, 0.3) is 0 Å². The molecule has 25 heavy (non-hydrogen) atoms. The molecule has 1 aromatic carbocycles. The summed E-state index contributed by atoms with van der Waals surface area (Å²) in [4.78, 5) is 0. The van der Waals surface area contributed by atoms with Crippen molar-refractivity contribution in [2.75, 3.05) is 39.6 Å². The number of benzene rings is 1. The Labute approximate surface area is 150 Å². The standard InChI is InChI=1S/C19H31NO5/c1-15(2)20-12-16(21)13-25-18-7-5-17(6-8-18)24-11-10-22-14-19-4-3-9-23-19/h5-8,15-16,19-21H,3-4,9-14H2,1-2H3. The molecular weight excluding hydrogens is 322 g/mol. The van der Waals surface area contributed by atoms with Crippen LogP contribution in [0.4, 0.5) is 0 Å². The third kappa shape index (κ3) is 8.54. The van der Waals surface area contributed by atoms with Crippen LogP contribution in [0.5, 0.6) is 11.5 Å². The molecule has 0 aromatic heterocycles. The van der Waals surface area contributed by atoms with E-state index in [9.17, 15) is 5.11 Å². The van der Waals surface area contributed by atoms with Crippen molar-refractivity contribution in [2.24, 2.45) is 0 Å². The van der Waals surface area contributed by atoms with E-state index in [2.05, 4.69) is 5.32 Å². The molecule has 0 aliphatic carbocycles. The van der Waals surface area contributed by atoms with Crippen LogP contribution in [0.3, 0.4) is 0 Å². The number of aliphatic hydroxyl groups is 1. The normalized spacial score (nSPS) is 18.5. The lowest BCUT2D eigenvalue weighted by Gasteiger charge is -2.15. The van der Waals surface area contributed by atoms with E-state index >= 15 is 0 Å². The molecule has 0 bridgehead atoms. The minimum atomic E-state index is -0.528. The van der Waals surface area contributed by atoms with Gasteiger partial charge in [0.05, 0.1) is 19.3 Å². The first-order chi connectivity index (χ1) is 12.1. The van der Waals surface area contributed by atoms with Gasteiger partial charge in [0.2, 0.25) is 0 Å². The van der Waals surface area contributed by atoms with Crippen LogP contribution in [0.25, 0.3) is 0 Å². The SMILES string of the molecule is CC(C)NCC(O)COc1ccc(OCCOCC2CCCO2)cc1. The molecule has 6 heteroatoms. The highest BCUT2D eigenvalue weighted by Crippen LogP contribution is 2.18. The lowest BCUT2D eigenvalue weighted by molar-refractivity contribution is 0.00852. The summed E-state index contributed by atoms with van der Waals surface area (Å²) in [6.45, 7) is 7.41. The fourth-order valence-corrected chi connectivity index (χ4v) is 2.46. The Morgan fingerprint density at radius 2 is 1.88 bits per heavy atom. The highest BCUT2D eigenvalue weighted by atomic mass is 16.6. The van der Waals surface area contributed by atoms with Crippen LogP contribution in [0, 0.1) is 0 Å². The summed E-state index contributed by atoms with van der Waals surface area (Å²) in [6.07, 6.45) is 1.94. The van der Waals surface area contributed by atoms with Gasteiger partial charge in [-0.25, -0.2) is 0 Å². The van der Waals surface area contributed by atoms with Gasteiger partial charge in [0.15, 0.2) is 0 Å². The van der Waals surface area contributed by atoms with Crippen LogP contribution in [-0.4, -0.2) is 62.9 Å². The highest BCUT2D eigenvalue weighted by molar-refractivity contribution is 5.31. The third-order valence-electron chi connectivity index (χ3n) is 3.85. The molecule has 1 aliphatic rings. The Morgan fingerprint density at radius 1 is 1.16 bits per heavy atom. The molecule has 0 spiro atoms. The Morgan fingerprint density at radius 3 is 2.52 bits per heavy atom. The van der Waals surface area contributed by atoms with E-state index in [1.165, 1.54) is 0 Å². The molecule has 1 fully saturated rings. The number of nitrogens with one attached hydrogen (secondary N) is 1. The minimum Gasteiger partial charge on any atom is -0.491 e. The van der Waals surface area contributed by atoms with Gasteiger partial charge >= 0.3 is 0 Å². The average Bonchev–Trinajstić information content (AvgIpc) is 3.12. The molecule has 2 atom stereocenters. The van der Waals surface area contributed by atoms with Gasteiger partial charge in [-0.15, -0.1) is 0 Å². The third-order valence-corrected chi connectivity index (χ3v) is 3.85. The molecule has 0 amide bonds. The number of rotatable bonds is 12. The predicted molar refractivity (Wildman–Crippen MR) is 96.4 cm³/mol. The molecule has 142 valence electrons. The van der Waals surface area contributed by atoms with Crippen LogP contribution < -0.4 is 14.8 Å². The first-order valence-corrected chi connectivity index (χ1v) is 9.10. The van der Waals surface area contributed by atoms with Gasteiger partial charge in [0.1, 0.15) is 30.8 Å². The number of ether oxygens (including phenoxy) is 4. The van der Waals surface area contributed by atoms with Crippen LogP contribution in [0.15, 0.2) is 24.3 Å². The van der Waals surface area contributed by atoms with Gasteiger partial charge in [-0.2, -0.15) is 0 Å². The van der Waals surface area contributed by atoms with Gasteiger partial charge in [-0.1, -0.05) is 13.8 Å². The van der Waals surface area contributed by atoms with E-state index in [1.807, 2.05) is 38.1 Å². The maximum Gasteiger partial charge on any atom is 0.119 e. The van der Waals surface area contributed by atoms with E-state index in [0.29, 0.717) is 38.2 Å². The van der Waals surface area contributed by atoms with E-state index < -0.39 is 6.10 Å². The van der Waals surface area contributed by atoms with Gasteiger partial charge in [-0.05, 0) is 37.1 Å². The fourth-order valence-electron chi connectivity index (χ4n) is 2.46. The summed E-state index contributed by atoms with van der Waals surface area (Å²) < 4.78 is 22.3. The Hall–Kier alpha value is -1.34. The van der Waals surface area contributed by atoms with Crippen molar-refractivity contribution in [3.8, 4) is 11.5 Å². The monoisotopic (exact) mass is 353 g/mol. The maximum atomic E-state index is 9.82. The summed E-state index contributed by atoms with van der Waals surface area (Å²) in [5.74, 6) is 1.49. The van der Waals surface area contributed by atoms with Crippen molar-refractivity contribution in [2.45, 2.75) is 44.9 Å². The predicted octanol–water partition coefficient (Wildman–Crippen LogP) is 2.00. The summed E-state index contributed by atoms with van der Waals surface area (Å²) in [5.41, 5.74) is 0. The first-order valence-electron chi connectivity index (χ1n) is 9.10. The maximum absolute atomic E-state index is 9.82. The number of hydrogen-bond donors (Lipinski definition) is 2. The topological polar surface area (TPSA) is 69.2 Å². The summed E-state index contributed by atoms with van der Waals surface area (Å²) in [7, 11) is 0. The molecule has 1 saturated heterocycles. The van der Waals surface area contributed by atoms with Crippen LogP contribution in [0.1, 0.15) is 26.7 Å². The number of aliphatic hydroxyl groups excluding tert-OH is 1. The molecule has 2 N–H and O–H groups in total.